The van der Waals surface area contributed by atoms with Crippen LogP contribution < -0.4 is 10.2 Å². The highest BCUT2D eigenvalue weighted by molar-refractivity contribution is 8.02. The Balaban J connectivity index is 1.42. The van der Waals surface area contributed by atoms with Crippen LogP contribution in [0.5, 0.6) is 5.75 Å². The first-order valence-corrected chi connectivity index (χ1v) is 14.8. The van der Waals surface area contributed by atoms with Gasteiger partial charge < -0.3 is 14.5 Å². The summed E-state index contributed by atoms with van der Waals surface area (Å²) in [6.45, 7) is 5.80. The number of nitro groups is 1. The van der Waals surface area contributed by atoms with Gasteiger partial charge in [0, 0.05) is 29.2 Å². The van der Waals surface area contributed by atoms with Gasteiger partial charge in [-0.05, 0) is 37.1 Å². The Morgan fingerprint density at radius 3 is 2.23 bits per heavy atom. The molecule has 12 heteroatoms. The number of thioether (sulfide) groups is 1. The van der Waals surface area contributed by atoms with Crippen LogP contribution in [-0.4, -0.2) is 48.3 Å². The van der Waals surface area contributed by atoms with Crippen molar-refractivity contribution < 1.29 is 28.9 Å². The molecule has 2 fully saturated rings. The quantitative estimate of drug-likeness (QED) is 0.0922. The summed E-state index contributed by atoms with van der Waals surface area (Å²) in [4.78, 5) is 59.5. The molecule has 0 aromatic heterocycles. The van der Waals surface area contributed by atoms with E-state index in [9.17, 15) is 24.5 Å². The highest BCUT2D eigenvalue weighted by Crippen LogP contribution is 2.60. The second-order valence-corrected chi connectivity index (χ2v) is 13.1. The highest BCUT2D eigenvalue weighted by atomic mass is 32.2. The molecule has 0 saturated carbocycles. The molecule has 0 bridgehead atoms. The van der Waals surface area contributed by atoms with E-state index in [1.54, 1.807) is 84.6 Å². The Bertz CT molecular complexity index is 1570. The standard InChI is InChI=1S/C31H29N3O7S2/c1-19-26(42)33-27(19)43-30(2,3)31(33,18-20-14-16-22(17-15-20)34(38)39)29(37)41-32-25(35)24(21-10-6-4-7-11-21)28(36)40-23-12-8-5-9-13-23/h4-17,19,24,27H,18H2,1-3H3,(H,32,35)/t19-,24?,27+,31-/m0/s1. The molecule has 0 spiro atoms. The van der Waals surface area contributed by atoms with Crippen LogP contribution in [0.4, 0.5) is 5.69 Å². The molecule has 3 aromatic carbocycles. The lowest BCUT2D eigenvalue weighted by atomic mass is 9.76. The normalized spacial score (nSPS) is 22.5. The molecule has 0 radical (unpaired) electrons. The van der Waals surface area contributed by atoms with Crippen LogP contribution in [-0.2, 0) is 25.6 Å². The molecule has 2 aliphatic heterocycles. The summed E-state index contributed by atoms with van der Waals surface area (Å²) in [6.07, 6.45) is 0.112. The SMILES string of the molecule is C[C@H]1C(=S)N2[C@@H]1SC(C)(C)[C@]2(Cc1ccc([N+](=O)[O-])cc1)C(=O)ONC(=O)C(C(=O)Oc1ccccc1)c1ccccc1. The van der Waals surface area contributed by atoms with Gasteiger partial charge >= 0.3 is 11.9 Å². The fourth-order valence-electron chi connectivity index (χ4n) is 5.55. The Labute approximate surface area is 257 Å². The Morgan fingerprint density at radius 2 is 1.63 bits per heavy atom. The van der Waals surface area contributed by atoms with Gasteiger partial charge in [0.15, 0.2) is 11.5 Å². The fraction of sp³-hybridized carbons (Fsp3) is 0.290. The zero-order valence-corrected chi connectivity index (χ0v) is 25.2. The smallest absolute Gasteiger partial charge is 0.359 e. The Kier molecular flexibility index (Phi) is 8.26. The summed E-state index contributed by atoms with van der Waals surface area (Å²) in [5.41, 5.74) is 1.80. The van der Waals surface area contributed by atoms with E-state index in [0.29, 0.717) is 16.1 Å². The van der Waals surface area contributed by atoms with E-state index in [-0.39, 0.29) is 29.1 Å². The lowest BCUT2D eigenvalue weighted by Gasteiger charge is -2.52. The van der Waals surface area contributed by atoms with Crippen LogP contribution in [0.3, 0.4) is 0 Å². The van der Waals surface area contributed by atoms with Gasteiger partial charge in [0.2, 0.25) is 0 Å². The van der Waals surface area contributed by atoms with E-state index in [1.165, 1.54) is 12.1 Å². The maximum atomic E-state index is 14.2. The van der Waals surface area contributed by atoms with E-state index in [0.717, 1.165) is 0 Å². The number of amides is 1. The maximum Gasteiger partial charge on any atom is 0.359 e. The number of hydrogen-bond acceptors (Lipinski definition) is 9. The molecule has 43 heavy (non-hydrogen) atoms. The monoisotopic (exact) mass is 619 g/mol. The van der Waals surface area contributed by atoms with Crippen LogP contribution in [0.15, 0.2) is 84.9 Å². The van der Waals surface area contributed by atoms with Gasteiger partial charge in [0.1, 0.15) is 5.75 Å². The summed E-state index contributed by atoms with van der Waals surface area (Å²) in [6, 6.07) is 22.6. The molecular weight excluding hydrogens is 590 g/mol. The summed E-state index contributed by atoms with van der Waals surface area (Å²) in [7, 11) is 0. The average Bonchev–Trinajstić information content (AvgIpc) is 3.21. The fourth-order valence-corrected chi connectivity index (χ4v) is 7.88. The van der Waals surface area contributed by atoms with Crippen molar-refractivity contribution in [3.8, 4) is 5.75 Å². The molecule has 4 atom stereocenters. The van der Waals surface area contributed by atoms with Crippen LogP contribution in [0.25, 0.3) is 0 Å². The third-order valence-corrected chi connectivity index (χ3v) is 10.3. The number of nitro benzene ring substituents is 1. The van der Waals surface area contributed by atoms with Crippen LogP contribution in [0, 0.1) is 16.0 Å². The first-order chi connectivity index (χ1) is 20.5. The number of nitrogens with zero attached hydrogens (tertiary/aromatic N) is 2. The Hall–Kier alpha value is -4.29. The molecule has 1 N–H and O–H groups in total. The number of thiocarbonyl (C=S) groups is 1. The predicted octanol–water partition coefficient (Wildman–Crippen LogP) is 4.97. The predicted molar refractivity (Wildman–Crippen MR) is 164 cm³/mol. The van der Waals surface area contributed by atoms with Crippen molar-refractivity contribution in [1.82, 2.24) is 10.4 Å². The van der Waals surface area contributed by atoms with Crippen molar-refractivity contribution in [3.05, 3.63) is 106 Å². The number of non-ortho nitro benzene ring substituents is 1. The first-order valence-electron chi connectivity index (χ1n) is 13.5. The average molecular weight is 620 g/mol. The van der Waals surface area contributed by atoms with Gasteiger partial charge in [-0.2, -0.15) is 5.48 Å². The number of fused-ring (bicyclic) bond motifs is 1. The van der Waals surface area contributed by atoms with E-state index in [1.807, 2.05) is 25.7 Å². The van der Waals surface area contributed by atoms with Crippen molar-refractivity contribution in [2.45, 2.75) is 48.8 Å². The number of para-hydroxylation sites is 1. The van der Waals surface area contributed by atoms with Gasteiger partial charge in [-0.1, -0.05) is 79.8 Å². The van der Waals surface area contributed by atoms with Crippen molar-refractivity contribution in [2.75, 3.05) is 0 Å². The summed E-state index contributed by atoms with van der Waals surface area (Å²) < 4.78 is 4.72. The molecule has 1 unspecified atom stereocenters. The van der Waals surface area contributed by atoms with Crippen LogP contribution >= 0.6 is 24.0 Å². The minimum atomic E-state index is -1.43. The van der Waals surface area contributed by atoms with Gasteiger partial charge in [0.25, 0.3) is 11.6 Å². The molecule has 10 nitrogen and oxygen atoms in total. The van der Waals surface area contributed by atoms with E-state index >= 15 is 0 Å². The van der Waals surface area contributed by atoms with Gasteiger partial charge in [-0.15, -0.1) is 11.8 Å². The third-order valence-electron chi connectivity index (χ3n) is 7.91. The topological polar surface area (TPSA) is 128 Å². The number of benzene rings is 3. The van der Waals surface area contributed by atoms with E-state index in [4.69, 9.17) is 21.8 Å². The largest absolute Gasteiger partial charge is 0.426 e. The third kappa shape index (κ3) is 5.48. The lowest BCUT2D eigenvalue weighted by molar-refractivity contribution is -0.384. The number of carbonyl (C=O) groups excluding carboxylic acids is 3. The second kappa shape index (κ2) is 11.8. The number of hydrogen-bond donors (Lipinski definition) is 1. The number of ether oxygens (including phenoxy) is 1. The van der Waals surface area contributed by atoms with Crippen LogP contribution in [0.2, 0.25) is 0 Å². The molecule has 1 amide bonds. The molecule has 222 valence electrons. The minimum absolute atomic E-state index is 0.0376. The van der Waals surface area contributed by atoms with Gasteiger partial charge in [0.05, 0.1) is 15.3 Å². The summed E-state index contributed by atoms with van der Waals surface area (Å²) >= 11 is 7.27. The summed E-state index contributed by atoms with van der Waals surface area (Å²) in [5, 5.41) is 11.1. The highest BCUT2D eigenvalue weighted by Gasteiger charge is 2.70. The molecule has 3 aromatic rings. The number of rotatable bonds is 8. The number of nitrogens with one attached hydrogen (secondary N) is 1. The van der Waals surface area contributed by atoms with Crippen LogP contribution in [0.1, 0.15) is 37.8 Å². The second-order valence-electron chi connectivity index (χ2n) is 10.9. The molecule has 5 rings (SSSR count). The van der Waals surface area contributed by atoms with Gasteiger partial charge in [-0.3, -0.25) is 19.7 Å². The molecule has 2 heterocycles. The van der Waals surface area contributed by atoms with Crippen molar-refractivity contribution in [3.63, 3.8) is 0 Å². The lowest BCUT2D eigenvalue weighted by Crippen LogP contribution is -2.71. The van der Waals surface area contributed by atoms with E-state index < -0.39 is 39.0 Å². The number of carbonyl (C=O) groups is 3. The molecule has 0 aliphatic carbocycles. The molecular formula is C31H29N3O7S2. The minimum Gasteiger partial charge on any atom is -0.426 e. The van der Waals surface area contributed by atoms with Crippen molar-refractivity contribution in [2.24, 2.45) is 5.92 Å². The zero-order valence-electron chi connectivity index (χ0n) is 23.6. The molecule has 2 aliphatic rings. The maximum absolute atomic E-state index is 14.2. The number of esters is 1. The summed E-state index contributed by atoms with van der Waals surface area (Å²) in [5.74, 6) is -3.63. The van der Waals surface area contributed by atoms with Crippen molar-refractivity contribution >= 4 is 52.5 Å². The first kappa shape index (κ1) is 30.2. The number of hydroxylamine groups is 1. The van der Waals surface area contributed by atoms with E-state index in [2.05, 4.69) is 5.48 Å². The molecule has 2 saturated heterocycles. The zero-order chi connectivity index (χ0) is 30.9. The van der Waals surface area contributed by atoms with Gasteiger partial charge in [-0.25, -0.2) is 4.79 Å². The Morgan fingerprint density at radius 1 is 1.02 bits per heavy atom. The van der Waals surface area contributed by atoms with Crippen molar-refractivity contribution in [1.29, 1.82) is 0 Å².